The fourth-order valence-corrected chi connectivity index (χ4v) is 3.20. The molecule has 0 saturated heterocycles. The fourth-order valence-electron chi connectivity index (χ4n) is 3.20. The molecule has 2 amide bonds. The van der Waals surface area contributed by atoms with Crippen LogP contribution in [0.4, 0.5) is 15.9 Å². The molecule has 0 aliphatic carbocycles. The van der Waals surface area contributed by atoms with Gasteiger partial charge in [-0.25, -0.2) is 9.07 Å². The SMILES string of the molecule is Cc1c(-c2ccccc2)nn2c1NC(=O)C[C@H]2C(=O)Nc1cccc(F)c1. The lowest BCUT2D eigenvalue weighted by Gasteiger charge is -2.24. The van der Waals surface area contributed by atoms with Crippen molar-refractivity contribution in [2.45, 2.75) is 19.4 Å². The van der Waals surface area contributed by atoms with Crippen LogP contribution in [0.25, 0.3) is 11.3 Å². The molecule has 0 radical (unpaired) electrons. The Labute approximate surface area is 155 Å². The van der Waals surface area contributed by atoms with Crippen LogP contribution in [-0.2, 0) is 9.59 Å². The predicted molar refractivity (Wildman–Crippen MR) is 99.7 cm³/mol. The molecule has 0 fully saturated rings. The van der Waals surface area contributed by atoms with Crippen molar-refractivity contribution in [3.8, 4) is 11.3 Å². The molecule has 0 saturated carbocycles. The van der Waals surface area contributed by atoms with Gasteiger partial charge in [0.05, 0.1) is 12.1 Å². The van der Waals surface area contributed by atoms with E-state index in [1.807, 2.05) is 37.3 Å². The topological polar surface area (TPSA) is 76.0 Å². The lowest BCUT2D eigenvalue weighted by Crippen LogP contribution is -2.35. The third-order valence-corrected chi connectivity index (χ3v) is 4.52. The molecule has 4 rings (SSSR count). The van der Waals surface area contributed by atoms with Gasteiger partial charge in [0.25, 0.3) is 0 Å². The van der Waals surface area contributed by atoms with Crippen LogP contribution in [0.5, 0.6) is 0 Å². The largest absolute Gasteiger partial charge is 0.324 e. The number of aromatic nitrogens is 2. The Bertz CT molecular complexity index is 1030. The van der Waals surface area contributed by atoms with E-state index in [-0.39, 0.29) is 12.3 Å². The van der Waals surface area contributed by atoms with E-state index in [0.29, 0.717) is 17.2 Å². The summed E-state index contributed by atoms with van der Waals surface area (Å²) >= 11 is 0. The van der Waals surface area contributed by atoms with Crippen LogP contribution < -0.4 is 10.6 Å². The first-order valence-corrected chi connectivity index (χ1v) is 8.54. The van der Waals surface area contributed by atoms with E-state index in [4.69, 9.17) is 0 Å². The molecule has 1 aromatic heterocycles. The summed E-state index contributed by atoms with van der Waals surface area (Å²) in [5.41, 5.74) is 2.73. The van der Waals surface area contributed by atoms with Gasteiger partial charge in [-0.05, 0) is 25.1 Å². The van der Waals surface area contributed by atoms with Crippen LogP contribution in [0.15, 0.2) is 54.6 Å². The number of benzene rings is 2. The number of hydrogen-bond donors (Lipinski definition) is 2. The molecule has 2 aromatic carbocycles. The number of halogens is 1. The first-order valence-electron chi connectivity index (χ1n) is 8.54. The molecule has 1 aliphatic rings. The molecule has 3 aromatic rings. The lowest BCUT2D eigenvalue weighted by molar-refractivity contribution is -0.125. The number of amides is 2. The number of fused-ring (bicyclic) bond motifs is 1. The van der Waals surface area contributed by atoms with Gasteiger partial charge in [-0.2, -0.15) is 5.10 Å². The Balaban J connectivity index is 1.70. The molecule has 1 atom stereocenters. The summed E-state index contributed by atoms with van der Waals surface area (Å²) in [6.07, 6.45) is -0.0382. The highest BCUT2D eigenvalue weighted by Crippen LogP contribution is 2.34. The van der Waals surface area contributed by atoms with Crippen molar-refractivity contribution in [3.63, 3.8) is 0 Å². The van der Waals surface area contributed by atoms with Gasteiger partial charge in [-0.3, -0.25) is 9.59 Å². The molecular weight excluding hydrogens is 347 g/mol. The predicted octanol–water partition coefficient (Wildman–Crippen LogP) is 3.52. The van der Waals surface area contributed by atoms with Crippen LogP contribution in [0.1, 0.15) is 18.0 Å². The van der Waals surface area contributed by atoms with Gasteiger partial charge in [0.2, 0.25) is 11.8 Å². The third kappa shape index (κ3) is 3.19. The zero-order valence-electron chi connectivity index (χ0n) is 14.6. The number of hydrogen-bond acceptors (Lipinski definition) is 3. The number of carbonyl (C=O) groups is 2. The van der Waals surface area contributed by atoms with Crippen LogP contribution in [-0.4, -0.2) is 21.6 Å². The second kappa shape index (κ2) is 6.68. The van der Waals surface area contributed by atoms with E-state index in [1.54, 1.807) is 6.07 Å². The highest BCUT2D eigenvalue weighted by Gasteiger charge is 2.34. The maximum Gasteiger partial charge on any atom is 0.249 e. The van der Waals surface area contributed by atoms with Crippen LogP contribution in [0.3, 0.4) is 0 Å². The van der Waals surface area contributed by atoms with Gasteiger partial charge < -0.3 is 10.6 Å². The van der Waals surface area contributed by atoms with Gasteiger partial charge in [-0.15, -0.1) is 0 Å². The van der Waals surface area contributed by atoms with Gasteiger partial charge in [0.15, 0.2) is 0 Å². The maximum atomic E-state index is 13.4. The van der Waals surface area contributed by atoms with E-state index in [1.165, 1.54) is 22.9 Å². The smallest absolute Gasteiger partial charge is 0.249 e. The normalized spacial score (nSPS) is 15.8. The van der Waals surface area contributed by atoms with Gasteiger partial charge >= 0.3 is 0 Å². The lowest BCUT2D eigenvalue weighted by atomic mass is 10.1. The van der Waals surface area contributed by atoms with E-state index in [2.05, 4.69) is 15.7 Å². The van der Waals surface area contributed by atoms with E-state index < -0.39 is 17.8 Å². The molecule has 7 heteroatoms. The summed E-state index contributed by atoms with van der Waals surface area (Å²) in [5.74, 6) is -0.621. The zero-order valence-corrected chi connectivity index (χ0v) is 14.6. The van der Waals surface area contributed by atoms with E-state index in [0.717, 1.165) is 11.1 Å². The second-order valence-corrected chi connectivity index (χ2v) is 6.40. The van der Waals surface area contributed by atoms with Gasteiger partial charge in [0.1, 0.15) is 17.7 Å². The zero-order chi connectivity index (χ0) is 19.0. The maximum absolute atomic E-state index is 13.4. The minimum atomic E-state index is -0.812. The number of rotatable bonds is 3. The summed E-state index contributed by atoms with van der Waals surface area (Å²) in [4.78, 5) is 24.9. The Kier molecular flexibility index (Phi) is 4.19. The molecule has 6 nitrogen and oxygen atoms in total. The highest BCUT2D eigenvalue weighted by atomic mass is 19.1. The molecule has 2 N–H and O–H groups in total. The quantitative estimate of drug-likeness (QED) is 0.747. The van der Waals surface area contributed by atoms with Crippen molar-refractivity contribution in [1.82, 2.24) is 9.78 Å². The third-order valence-electron chi connectivity index (χ3n) is 4.52. The van der Waals surface area contributed by atoms with Crippen molar-refractivity contribution in [1.29, 1.82) is 0 Å². The van der Waals surface area contributed by atoms with E-state index >= 15 is 0 Å². The molecule has 1 aliphatic heterocycles. The molecule has 0 unspecified atom stereocenters. The minimum absolute atomic E-state index is 0.0382. The van der Waals surface area contributed by atoms with Crippen molar-refractivity contribution >= 4 is 23.3 Å². The molecular formula is C20H17FN4O2. The average Bonchev–Trinajstić information content (AvgIpc) is 2.98. The molecule has 0 bridgehead atoms. The Hall–Kier alpha value is -3.48. The Morgan fingerprint density at radius 2 is 2.00 bits per heavy atom. The van der Waals surface area contributed by atoms with Gasteiger partial charge in [-0.1, -0.05) is 36.4 Å². The van der Waals surface area contributed by atoms with Crippen LogP contribution in [0, 0.1) is 12.7 Å². The van der Waals surface area contributed by atoms with Crippen molar-refractivity contribution < 1.29 is 14.0 Å². The Morgan fingerprint density at radius 3 is 2.74 bits per heavy atom. The summed E-state index contributed by atoms with van der Waals surface area (Å²) in [6.45, 7) is 1.86. The molecule has 2 heterocycles. The first-order chi connectivity index (χ1) is 13.0. The number of nitrogens with one attached hydrogen (secondary N) is 2. The van der Waals surface area contributed by atoms with Crippen molar-refractivity contribution in [2.24, 2.45) is 0 Å². The number of carbonyl (C=O) groups excluding carboxylic acids is 2. The molecule has 136 valence electrons. The number of nitrogens with zero attached hydrogens (tertiary/aromatic N) is 2. The van der Waals surface area contributed by atoms with E-state index in [9.17, 15) is 14.0 Å². The summed E-state index contributed by atoms with van der Waals surface area (Å²) in [6, 6.07) is 14.4. The minimum Gasteiger partial charge on any atom is -0.324 e. The van der Waals surface area contributed by atoms with Crippen LogP contribution >= 0.6 is 0 Å². The van der Waals surface area contributed by atoms with Crippen molar-refractivity contribution in [2.75, 3.05) is 10.6 Å². The average molecular weight is 364 g/mol. The van der Waals surface area contributed by atoms with Crippen molar-refractivity contribution in [3.05, 3.63) is 66.0 Å². The highest BCUT2D eigenvalue weighted by molar-refractivity contribution is 6.02. The first kappa shape index (κ1) is 17.0. The standard InChI is InChI=1S/C20H17FN4O2/c1-12-18(13-6-3-2-4-7-13)24-25-16(11-17(26)23-19(12)25)20(27)22-15-9-5-8-14(21)10-15/h2-10,16H,11H2,1H3,(H,22,27)(H,23,26)/t16-/m0/s1. The monoisotopic (exact) mass is 364 g/mol. The number of anilines is 2. The fraction of sp³-hybridized carbons (Fsp3) is 0.150. The summed E-state index contributed by atoms with van der Waals surface area (Å²) in [7, 11) is 0. The second-order valence-electron chi connectivity index (χ2n) is 6.40. The molecule has 0 spiro atoms. The summed E-state index contributed by atoms with van der Waals surface area (Å²) in [5, 5.41) is 10.0. The van der Waals surface area contributed by atoms with Crippen LogP contribution in [0.2, 0.25) is 0 Å². The van der Waals surface area contributed by atoms with Gasteiger partial charge in [0, 0.05) is 16.8 Å². The Morgan fingerprint density at radius 1 is 1.22 bits per heavy atom. The summed E-state index contributed by atoms with van der Waals surface area (Å²) < 4.78 is 14.9. The molecule has 27 heavy (non-hydrogen) atoms.